The number of anilines is 2. The van der Waals surface area contributed by atoms with Crippen LogP contribution in [0.5, 0.6) is 5.75 Å². The first kappa shape index (κ1) is 17.3. The van der Waals surface area contributed by atoms with Crippen molar-refractivity contribution in [2.45, 2.75) is 20.4 Å². The molecule has 0 aliphatic rings. The van der Waals surface area contributed by atoms with Crippen molar-refractivity contribution >= 4 is 33.2 Å². The van der Waals surface area contributed by atoms with E-state index >= 15 is 0 Å². The largest absolute Gasteiger partial charge is 0.496 e. The molecule has 0 aliphatic carbocycles. The maximum absolute atomic E-state index is 11.7. The topological polar surface area (TPSA) is 50.4 Å². The summed E-state index contributed by atoms with van der Waals surface area (Å²) in [6.07, 6.45) is 0. The van der Waals surface area contributed by atoms with E-state index in [1.54, 1.807) is 7.11 Å². The van der Waals surface area contributed by atoms with Gasteiger partial charge in [-0.15, -0.1) is 0 Å². The number of rotatable bonds is 6. The van der Waals surface area contributed by atoms with Crippen molar-refractivity contribution < 1.29 is 9.53 Å². The quantitative estimate of drug-likeness (QED) is 0.770. The fraction of sp³-hybridized carbons (Fsp3) is 0.278. The predicted octanol–water partition coefficient (Wildman–Crippen LogP) is 4.66. The zero-order chi connectivity index (χ0) is 16.8. The van der Waals surface area contributed by atoms with Gasteiger partial charge in [-0.05, 0) is 42.5 Å². The van der Waals surface area contributed by atoms with Crippen molar-refractivity contribution in [3.05, 3.63) is 52.5 Å². The molecule has 1 amide bonds. The van der Waals surface area contributed by atoms with Gasteiger partial charge >= 0.3 is 0 Å². The third-order valence-electron chi connectivity index (χ3n) is 3.40. The Kier molecular flexibility index (Phi) is 6.04. The molecule has 0 bridgehead atoms. The van der Waals surface area contributed by atoms with E-state index in [-0.39, 0.29) is 11.8 Å². The van der Waals surface area contributed by atoms with Gasteiger partial charge in [-0.1, -0.05) is 29.8 Å². The molecule has 4 nitrogen and oxygen atoms in total. The van der Waals surface area contributed by atoms with Crippen LogP contribution in [0.3, 0.4) is 0 Å². The highest BCUT2D eigenvalue weighted by atomic mass is 79.9. The summed E-state index contributed by atoms with van der Waals surface area (Å²) in [4.78, 5) is 11.7. The van der Waals surface area contributed by atoms with Crippen LogP contribution in [0.2, 0.25) is 0 Å². The van der Waals surface area contributed by atoms with E-state index in [1.807, 2.05) is 56.3 Å². The highest BCUT2D eigenvalue weighted by molar-refractivity contribution is 9.10. The third kappa shape index (κ3) is 4.99. The lowest BCUT2D eigenvalue weighted by Crippen LogP contribution is -2.17. The molecule has 2 aromatic carbocycles. The van der Waals surface area contributed by atoms with Crippen LogP contribution in [0.15, 0.2) is 46.9 Å². The molecule has 23 heavy (non-hydrogen) atoms. The molecule has 0 saturated carbocycles. The maximum atomic E-state index is 11.7. The smallest absolute Gasteiger partial charge is 0.226 e. The van der Waals surface area contributed by atoms with Crippen molar-refractivity contribution in [1.82, 2.24) is 0 Å². The molecule has 0 unspecified atom stereocenters. The summed E-state index contributed by atoms with van der Waals surface area (Å²) in [5, 5.41) is 6.23. The third-order valence-corrected chi connectivity index (χ3v) is 3.90. The van der Waals surface area contributed by atoms with Gasteiger partial charge in [0.2, 0.25) is 5.91 Å². The number of methoxy groups -OCH3 is 1. The van der Waals surface area contributed by atoms with Gasteiger partial charge < -0.3 is 15.4 Å². The molecule has 0 heterocycles. The molecular weight excluding hydrogens is 356 g/mol. The molecule has 2 aromatic rings. The molecule has 2 rings (SSSR count). The van der Waals surface area contributed by atoms with Crippen molar-refractivity contribution in [2.24, 2.45) is 5.92 Å². The lowest BCUT2D eigenvalue weighted by atomic mass is 10.2. The van der Waals surface area contributed by atoms with E-state index in [1.165, 1.54) is 0 Å². The number of nitrogens with one attached hydrogen (secondary N) is 2. The molecule has 122 valence electrons. The van der Waals surface area contributed by atoms with Gasteiger partial charge in [0, 0.05) is 33.9 Å². The zero-order valence-electron chi connectivity index (χ0n) is 13.5. The summed E-state index contributed by atoms with van der Waals surface area (Å²) >= 11 is 3.47. The Morgan fingerprint density at radius 3 is 2.39 bits per heavy atom. The minimum atomic E-state index is -0.0307. The van der Waals surface area contributed by atoms with Gasteiger partial charge in [-0.3, -0.25) is 4.79 Å². The van der Waals surface area contributed by atoms with Gasteiger partial charge in [0.15, 0.2) is 0 Å². The molecule has 2 N–H and O–H groups in total. The Balaban J connectivity index is 1.99. The molecule has 0 aliphatic heterocycles. The number of hydrogen-bond acceptors (Lipinski definition) is 3. The van der Waals surface area contributed by atoms with Crippen LogP contribution in [-0.2, 0) is 11.3 Å². The molecular formula is C18H21BrN2O2. The zero-order valence-corrected chi connectivity index (χ0v) is 15.1. The van der Waals surface area contributed by atoms with Crippen molar-refractivity contribution in [3.63, 3.8) is 0 Å². The van der Waals surface area contributed by atoms with E-state index in [2.05, 4.69) is 26.6 Å². The normalized spacial score (nSPS) is 10.5. The molecule has 0 fully saturated rings. The summed E-state index contributed by atoms with van der Waals surface area (Å²) in [6.45, 7) is 4.40. The summed E-state index contributed by atoms with van der Waals surface area (Å²) in [7, 11) is 1.67. The number of ether oxygens (including phenoxy) is 1. The van der Waals surface area contributed by atoms with Gasteiger partial charge in [0.1, 0.15) is 5.75 Å². The fourth-order valence-corrected chi connectivity index (χ4v) is 2.45. The van der Waals surface area contributed by atoms with Gasteiger partial charge in [-0.25, -0.2) is 0 Å². The highest BCUT2D eigenvalue weighted by Crippen LogP contribution is 2.24. The Bertz CT molecular complexity index is 669. The van der Waals surface area contributed by atoms with Crippen LogP contribution >= 0.6 is 15.9 Å². The van der Waals surface area contributed by atoms with Crippen LogP contribution in [0.25, 0.3) is 0 Å². The molecule has 0 aromatic heterocycles. The van der Waals surface area contributed by atoms with Crippen LogP contribution in [-0.4, -0.2) is 13.0 Å². The van der Waals surface area contributed by atoms with Crippen LogP contribution in [0.1, 0.15) is 19.4 Å². The Labute approximate surface area is 145 Å². The number of amides is 1. The van der Waals surface area contributed by atoms with Crippen LogP contribution in [0, 0.1) is 5.92 Å². The average Bonchev–Trinajstić information content (AvgIpc) is 2.54. The number of carbonyl (C=O) groups is 1. The van der Waals surface area contributed by atoms with E-state index in [9.17, 15) is 4.79 Å². The van der Waals surface area contributed by atoms with Crippen molar-refractivity contribution in [2.75, 3.05) is 17.7 Å². The van der Waals surface area contributed by atoms with Gasteiger partial charge in [-0.2, -0.15) is 0 Å². The van der Waals surface area contributed by atoms with Crippen molar-refractivity contribution in [3.8, 4) is 5.75 Å². The van der Waals surface area contributed by atoms with Gasteiger partial charge in [0.25, 0.3) is 0 Å². The highest BCUT2D eigenvalue weighted by Gasteiger charge is 2.07. The summed E-state index contributed by atoms with van der Waals surface area (Å²) in [5.74, 6) is 0.836. The Morgan fingerprint density at radius 2 is 1.78 bits per heavy atom. The van der Waals surface area contributed by atoms with Crippen LogP contribution < -0.4 is 15.4 Å². The minimum absolute atomic E-state index is 0.0181. The van der Waals surface area contributed by atoms with E-state index < -0.39 is 0 Å². The number of halogens is 1. The van der Waals surface area contributed by atoms with Crippen molar-refractivity contribution in [1.29, 1.82) is 0 Å². The summed E-state index contributed by atoms with van der Waals surface area (Å²) < 4.78 is 6.38. The number of carbonyl (C=O) groups excluding carboxylic acids is 1. The van der Waals surface area contributed by atoms with E-state index in [0.717, 1.165) is 27.2 Å². The summed E-state index contributed by atoms with van der Waals surface area (Å²) in [6, 6.07) is 13.6. The first-order valence-electron chi connectivity index (χ1n) is 7.47. The second-order valence-corrected chi connectivity index (χ2v) is 6.45. The van der Waals surface area contributed by atoms with Gasteiger partial charge in [0.05, 0.1) is 7.11 Å². The predicted molar refractivity (Wildman–Crippen MR) is 97.9 cm³/mol. The van der Waals surface area contributed by atoms with E-state index in [0.29, 0.717) is 6.54 Å². The first-order chi connectivity index (χ1) is 11.0. The Hall–Kier alpha value is -2.01. The fourth-order valence-electron chi connectivity index (χ4n) is 2.04. The number of hydrogen-bond donors (Lipinski definition) is 2. The monoisotopic (exact) mass is 376 g/mol. The second-order valence-electron chi connectivity index (χ2n) is 5.53. The molecule has 0 spiro atoms. The molecule has 0 radical (unpaired) electrons. The maximum Gasteiger partial charge on any atom is 0.226 e. The molecule has 0 saturated heterocycles. The SMILES string of the molecule is COc1ccc(Br)cc1CNc1ccc(NC(=O)C(C)C)cc1. The lowest BCUT2D eigenvalue weighted by Gasteiger charge is -2.12. The second kappa shape index (κ2) is 8.02. The number of benzene rings is 2. The Morgan fingerprint density at radius 1 is 1.13 bits per heavy atom. The summed E-state index contributed by atoms with van der Waals surface area (Å²) in [5.41, 5.74) is 2.85. The van der Waals surface area contributed by atoms with Crippen LogP contribution in [0.4, 0.5) is 11.4 Å². The minimum Gasteiger partial charge on any atom is -0.496 e. The average molecular weight is 377 g/mol. The first-order valence-corrected chi connectivity index (χ1v) is 8.26. The lowest BCUT2D eigenvalue weighted by molar-refractivity contribution is -0.118. The molecule has 5 heteroatoms. The van der Waals surface area contributed by atoms with E-state index in [4.69, 9.17) is 4.74 Å². The standard InChI is InChI=1S/C18H21BrN2O2/c1-12(2)18(22)21-16-7-5-15(6-8-16)20-11-13-10-14(19)4-9-17(13)23-3/h4-10,12,20H,11H2,1-3H3,(H,21,22). The molecule has 0 atom stereocenters.